The summed E-state index contributed by atoms with van der Waals surface area (Å²) in [4.78, 5) is 29.2. The number of fused-ring (bicyclic) bond motifs is 20. The molecule has 124 heavy (non-hydrogen) atoms. The molecule has 0 bridgehead atoms. The van der Waals surface area contributed by atoms with Gasteiger partial charge in [0.2, 0.25) is 0 Å². The minimum Gasteiger partial charge on any atom is -0.455 e. The van der Waals surface area contributed by atoms with Gasteiger partial charge >= 0.3 is 7.12 Å². The molecule has 0 N–H and O–H groups in total. The molecule has 1 fully saturated rings. The van der Waals surface area contributed by atoms with E-state index in [1.165, 1.54) is 62.4 Å². The Hall–Kier alpha value is -14.4. The van der Waals surface area contributed by atoms with Crippen molar-refractivity contribution in [3.8, 4) is 90.8 Å². The Morgan fingerprint density at radius 2 is 0.613 bits per heavy atom. The molecule has 12 nitrogen and oxygen atoms in total. The van der Waals surface area contributed by atoms with Crippen LogP contribution >= 0.6 is 38.6 Å². The molecule has 0 amide bonds. The van der Waals surface area contributed by atoms with Gasteiger partial charge in [-0.2, -0.15) is 0 Å². The molecule has 8 aromatic heterocycles. The lowest BCUT2D eigenvalue weighted by molar-refractivity contribution is 0.00578. The Kier molecular flexibility index (Phi) is 18.1. The predicted octanol–water partition coefficient (Wildman–Crippen LogP) is 28.9. The number of thiophene rings is 2. The van der Waals surface area contributed by atoms with Crippen molar-refractivity contribution in [3.63, 3.8) is 0 Å². The number of hydrogen-bond acceptors (Lipinski definition) is 12. The molecule has 1 saturated heterocycles. The number of nitrogens with zero attached hydrogens (tertiary/aromatic N) is 8. The molecule has 0 unspecified atom stereocenters. The largest absolute Gasteiger partial charge is 0.496 e. The van der Waals surface area contributed by atoms with Gasteiger partial charge in [0, 0.05) is 144 Å². The van der Waals surface area contributed by atoms with Crippen molar-refractivity contribution in [3.05, 3.63) is 368 Å². The van der Waals surface area contributed by atoms with Crippen LogP contribution in [0.4, 0.5) is 0 Å². The molecule has 25 rings (SSSR count). The van der Waals surface area contributed by atoms with Crippen molar-refractivity contribution in [1.29, 1.82) is 0 Å². The van der Waals surface area contributed by atoms with Crippen LogP contribution in [0.5, 0.6) is 0 Å². The standard InChI is InChI=1S/C51H30N4OS.C36H28BNO3S.C21H14BrN3/c1-3-14-31(15-4-1)49-52-50(32-16-5-2-6-17-32)54-51(53-49)34-19-13-18-33(28-34)40-29-35(55-42-23-10-7-20-36(42)37-21-8-11-24-43(37)55)30-41-46-45(57-48(40)41)27-26-39-38-22-9-12-25-44(38)56-47(39)46;1-35(2)36(3,4)41-37(40-35)27-20-21(38-28-14-8-5-11-22(28)23-12-6-9-15-29(23)38)19-26-32-31(42-34(26)27)18-17-25-24-13-7-10-16-30(24)39-33(25)32;22-18-13-7-12-17(14-18)21-24-19(15-8-3-1-4-9-15)23-20(25-21)16-10-5-2-6-11-16/h1-30H;5-20H,1-4H3;1-14H. The first-order valence-corrected chi connectivity index (χ1v) is 43.8. The molecule has 1 aliphatic rings. The van der Waals surface area contributed by atoms with Crippen LogP contribution < -0.4 is 5.46 Å². The SMILES string of the molecule is Brc1cccc(-c2nc(-c3ccccc3)nc(-c3ccccc3)n2)c1.CC1(C)OB(c2cc(-n3c4ccccc4c4ccccc43)cc3c2sc2ccc4c5ccccc5oc4c23)OC1(C)C.c1ccc(-c2nc(-c3ccccc3)nc(-c3cccc(-c4cc(-n5c6ccccc6c6ccccc65)cc5c4sc4ccc6c7ccccc7oc6c45)c3)n2)cc1. The lowest BCUT2D eigenvalue weighted by Gasteiger charge is -2.32. The highest BCUT2D eigenvalue weighted by atomic mass is 79.9. The zero-order valence-corrected chi connectivity index (χ0v) is 70.8. The second-order valence-corrected chi connectivity index (χ2v) is 35.3. The Morgan fingerprint density at radius 3 is 1.03 bits per heavy atom. The number of hydrogen-bond donors (Lipinski definition) is 0. The van der Waals surface area contributed by atoms with Crippen molar-refractivity contribution >= 4 is 179 Å². The first-order chi connectivity index (χ1) is 60.8. The minimum atomic E-state index is -0.496. The molecular formula is C108H72BBrN8O4S2. The molecule has 0 radical (unpaired) electrons. The van der Waals surface area contributed by atoms with Crippen molar-refractivity contribution in [2.45, 2.75) is 38.9 Å². The summed E-state index contributed by atoms with van der Waals surface area (Å²) in [6.07, 6.45) is 0. The van der Waals surface area contributed by atoms with Gasteiger partial charge in [-0.3, -0.25) is 0 Å². The second kappa shape index (κ2) is 30.1. The van der Waals surface area contributed by atoms with Crippen LogP contribution in [0.2, 0.25) is 0 Å². The average Bonchev–Trinajstić information content (AvgIpc) is 1.56. The Balaban J connectivity index is 0.000000116. The molecule has 0 saturated carbocycles. The third-order valence-electron chi connectivity index (χ3n) is 24.3. The molecule has 0 spiro atoms. The lowest BCUT2D eigenvalue weighted by Crippen LogP contribution is -2.41. The van der Waals surface area contributed by atoms with Crippen LogP contribution in [0.3, 0.4) is 0 Å². The normalized spacial score (nSPS) is 13.2. The summed E-state index contributed by atoms with van der Waals surface area (Å²) in [5.41, 5.74) is 18.6. The summed E-state index contributed by atoms with van der Waals surface area (Å²) in [5.74, 6) is 3.91. The van der Waals surface area contributed by atoms with E-state index in [0.717, 1.165) is 131 Å². The van der Waals surface area contributed by atoms with E-state index in [2.05, 4.69) is 264 Å². The Labute approximate surface area is 728 Å². The Bertz CT molecular complexity index is 8130. The quantitative estimate of drug-likeness (QED) is 0.122. The maximum absolute atomic E-state index is 6.70. The summed E-state index contributed by atoms with van der Waals surface area (Å²) in [6.45, 7) is 8.46. The third-order valence-corrected chi connectivity index (χ3v) is 27.2. The molecule has 9 heterocycles. The molecule has 16 aromatic carbocycles. The summed E-state index contributed by atoms with van der Waals surface area (Å²) in [7, 11) is -0.496. The third kappa shape index (κ3) is 12.9. The van der Waals surface area contributed by atoms with E-state index in [1.807, 2.05) is 169 Å². The minimum absolute atomic E-state index is 0.449. The van der Waals surface area contributed by atoms with Gasteiger partial charge in [-0.1, -0.05) is 277 Å². The van der Waals surface area contributed by atoms with Gasteiger partial charge in [-0.15, -0.1) is 22.7 Å². The molecule has 0 aliphatic carbocycles. The van der Waals surface area contributed by atoms with E-state index in [0.29, 0.717) is 34.9 Å². The zero-order valence-electron chi connectivity index (χ0n) is 67.6. The van der Waals surface area contributed by atoms with Gasteiger partial charge in [0.25, 0.3) is 0 Å². The first kappa shape index (κ1) is 74.7. The van der Waals surface area contributed by atoms with Crippen LogP contribution in [0, 0.1) is 0 Å². The van der Waals surface area contributed by atoms with Crippen LogP contribution in [0.25, 0.3) is 219 Å². The van der Waals surface area contributed by atoms with Gasteiger partial charge in [0.1, 0.15) is 22.3 Å². The molecular weight excluding hydrogens is 1630 g/mol. The van der Waals surface area contributed by atoms with Crippen LogP contribution in [-0.2, 0) is 9.31 Å². The van der Waals surface area contributed by atoms with E-state index in [-0.39, 0.29) is 0 Å². The first-order valence-electron chi connectivity index (χ1n) is 41.4. The van der Waals surface area contributed by atoms with E-state index in [1.54, 1.807) is 11.3 Å². The molecule has 590 valence electrons. The van der Waals surface area contributed by atoms with Gasteiger partial charge in [-0.05, 0) is 136 Å². The number of furan rings is 2. The van der Waals surface area contributed by atoms with Gasteiger partial charge in [0.15, 0.2) is 34.9 Å². The van der Waals surface area contributed by atoms with Crippen molar-refractivity contribution in [2.24, 2.45) is 0 Å². The maximum atomic E-state index is 6.70. The van der Waals surface area contributed by atoms with E-state index in [9.17, 15) is 0 Å². The highest BCUT2D eigenvalue weighted by Gasteiger charge is 2.52. The van der Waals surface area contributed by atoms with Gasteiger partial charge in [0.05, 0.1) is 33.3 Å². The predicted molar refractivity (Wildman–Crippen MR) is 517 cm³/mol. The summed E-state index contributed by atoms with van der Waals surface area (Å²) < 4.78 is 37.2. The highest BCUT2D eigenvalue weighted by Crippen LogP contribution is 2.50. The second-order valence-electron chi connectivity index (χ2n) is 32.3. The average molecular weight is 1700 g/mol. The van der Waals surface area contributed by atoms with E-state index >= 15 is 0 Å². The van der Waals surface area contributed by atoms with Gasteiger partial charge in [-0.25, -0.2) is 29.9 Å². The van der Waals surface area contributed by atoms with E-state index in [4.69, 9.17) is 43.1 Å². The molecule has 0 atom stereocenters. The summed E-state index contributed by atoms with van der Waals surface area (Å²) in [5, 5.41) is 14.1. The maximum Gasteiger partial charge on any atom is 0.496 e. The Morgan fingerprint density at radius 1 is 0.282 bits per heavy atom. The number of rotatable bonds is 10. The fraction of sp³-hybridized carbons (Fsp3) is 0.0556. The molecule has 16 heteroatoms. The number of para-hydroxylation sites is 6. The number of benzene rings is 16. The van der Waals surface area contributed by atoms with Crippen molar-refractivity contribution in [2.75, 3.05) is 0 Å². The monoisotopic (exact) mass is 1700 g/mol. The highest BCUT2D eigenvalue weighted by molar-refractivity contribution is 9.10. The summed E-state index contributed by atoms with van der Waals surface area (Å²) >= 11 is 7.11. The zero-order chi connectivity index (χ0) is 82.9. The van der Waals surface area contributed by atoms with Gasteiger partial charge < -0.3 is 27.3 Å². The number of aromatic nitrogens is 8. The van der Waals surface area contributed by atoms with Crippen LogP contribution in [0.1, 0.15) is 27.7 Å². The lowest BCUT2D eigenvalue weighted by atomic mass is 9.78. The van der Waals surface area contributed by atoms with E-state index < -0.39 is 18.3 Å². The smallest absolute Gasteiger partial charge is 0.455 e. The summed E-state index contributed by atoms with van der Waals surface area (Å²) in [6, 6.07) is 126. The fourth-order valence-corrected chi connectivity index (χ4v) is 20.5. The van der Waals surface area contributed by atoms with Crippen molar-refractivity contribution in [1.82, 2.24) is 39.0 Å². The van der Waals surface area contributed by atoms with Crippen molar-refractivity contribution < 1.29 is 18.1 Å². The van der Waals surface area contributed by atoms with Crippen LogP contribution in [0.15, 0.2) is 377 Å². The fourth-order valence-electron chi connectivity index (χ4n) is 17.6. The molecule has 1 aliphatic heterocycles. The molecule has 24 aromatic rings. The topological polar surface area (TPSA) is 132 Å². The number of halogens is 1. The van der Waals surface area contributed by atoms with Crippen LogP contribution in [-0.4, -0.2) is 57.4 Å².